The number of hydrogen-bond donors (Lipinski definition) is 1. The molecule has 0 bridgehead atoms. The van der Waals surface area contributed by atoms with E-state index >= 15 is 0 Å². The third-order valence-corrected chi connectivity index (χ3v) is 3.97. The third kappa shape index (κ3) is 2.61. The van der Waals surface area contributed by atoms with Crippen LogP contribution in [-0.4, -0.2) is 15.5 Å². The van der Waals surface area contributed by atoms with Gasteiger partial charge >= 0.3 is 0 Å². The van der Waals surface area contributed by atoms with E-state index in [1.807, 2.05) is 33.2 Å². The number of anilines is 1. The summed E-state index contributed by atoms with van der Waals surface area (Å²) >= 11 is 1.45. The average molecular weight is 263 g/mol. The van der Waals surface area contributed by atoms with Gasteiger partial charge in [0.15, 0.2) is 5.13 Å². The number of carbonyl (C=O) groups excluding carboxylic acids is 1. The Bertz CT molecular complexity index is 583. The van der Waals surface area contributed by atoms with Gasteiger partial charge < -0.3 is 9.88 Å². The summed E-state index contributed by atoms with van der Waals surface area (Å²) in [6.07, 6.45) is 0.395. The van der Waals surface area contributed by atoms with Gasteiger partial charge in [-0.1, -0.05) is 0 Å². The topological polar surface area (TPSA) is 46.9 Å². The predicted molar refractivity (Wildman–Crippen MR) is 74.1 cm³/mol. The lowest BCUT2D eigenvalue weighted by molar-refractivity contribution is -0.115. The van der Waals surface area contributed by atoms with Crippen LogP contribution in [0.2, 0.25) is 0 Å². The van der Waals surface area contributed by atoms with Crippen molar-refractivity contribution in [1.82, 2.24) is 9.55 Å². The molecule has 1 N–H and O–H groups in total. The van der Waals surface area contributed by atoms with E-state index in [0.717, 1.165) is 17.0 Å². The number of aryl methyl sites for hydroxylation is 2. The molecule has 0 aromatic carbocycles. The van der Waals surface area contributed by atoms with Crippen molar-refractivity contribution in [2.24, 2.45) is 7.05 Å². The summed E-state index contributed by atoms with van der Waals surface area (Å²) in [5.74, 6) is -0.0157. The number of nitrogens with one attached hydrogen (secondary N) is 1. The first-order valence-corrected chi connectivity index (χ1v) is 6.69. The highest BCUT2D eigenvalue weighted by Crippen LogP contribution is 2.17. The summed E-state index contributed by atoms with van der Waals surface area (Å²) in [6.45, 7) is 5.98. The Kier molecular flexibility index (Phi) is 3.52. The van der Waals surface area contributed by atoms with Crippen LogP contribution < -0.4 is 5.32 Å². The van der Waals surface area contributed by atoms with Gasteiger partial charge in [0.1, 0.15) is 0 Å². The van der Waals surface area contributed by atoms with Crippen LogP contribution in [0.25, 0.3) is 0 Å². The SMILES string of the molecule is Cc1csc(NC(=O)Cc2cc(C)n(C)c2C)n1. The molecule has 18 heavy (non-hydrogen) atoms. The maximum absolute atomic E-state index is 11.9. The molecule has 2 aromatic rings. The molecule has 2 rings (SSSR count). The summed E-state index contributed by atoms with van der Waals surface area (Å²) in [7, 11) is 2.01. The van der Waals surface area contributed by atoms with Crippen molar-refractivity contribution in [3.8, 4) is 0 Å². The molecule has 0 unspecified atom stereocenters. The molecular formula is C13H17N3OS. The molecule has 0 radical (unpaired) electrons. The fraction of sp³-hybridized carbons (Fsp3) is 0.385. The van der Waals surface area contributed by atoms with Gasteiger partial charge in [0, 0.05) is 23.8 Å². The molecule has 4 nitrogen and oxygen atoms in total. The molecule has 1 amide bonds. The van der Waals surface area contributed by atoms with Crippen molar-refractivity contribution in [2.45, 2.75) is 27.2 Å². The van der Waals surface area contributed by atoms with Gasteiger partial charge in [0.05, 0.1) is 12.1 Å². The first-order valence-electron chi connectivity index (χ1n) is 5.81. The highest BCUT2D eigenvalue weighted by Gasteiger charge is 2.11. The molecule has 5 heteroatoms. The largest absolute Gasteiger partial charge is 0.352 e. The first kappa shape index (κ1) is 12.8. The third-order valence-electron chi connectivity index (χ3n) is 3.10. The summed E-state index contributed by atoms with van der Waals surface area (Å²) in [5.41, 5.74) is 4.31. The standard InChI is InChI=1S/C13H17N3OS/c1-8-7-18-13(14-8)15-12(17)6-11-5-9(2)16(4)10(11)3/h5,7H,6H2,1-4H3,(H,14,15,17). The van der Waals surface area contributed by atoms with Gasteiger partial charge in [0.2, 0.25) is 5.91 Å². The van der Waals surface area contributed by atoms with Crippen LogP contribution in [0.15, 0.2) is 11.4 Å². The Morgan fingerprint density at radius 3 is 2.67 bits per heavy atom. The molecule has 96 valence electrons. The second-order valence-corrected chi connectivity index (χ2v) is 5.33. The Morgan fingerprint density at radius 1 is 1.44 bits per heavy atom. The van der Waals surface area contributed by atoms with E-state index in [4.69, 9.17) is 0 Å². The van der Waals surface area contributed by atoms with Gasteiger partial charge in [-0.3, -0.25) is 4.79 Å². The lowest BCUT2D eigenvalue weighted by atomic mass is 10.2. The predicted octanol–water partition coefficient (Wildman–Crippen LogP) is 2.59. The van der Waals surface area contributed by atoms with E-state index in [2.05, 4.69) is 20.9 Å². The second kappa shape index (κ2) is 4.94. The van der Waals surface area contributed by atoms with Crippen LogP contribution in [0.1, 0.15) is 22.6 Å². The molecule has 0 saturated heterocycles. The van der Waals surface area contributed by atoms with Crippen LogP contribution in [0.3, 0.4) is 0 Å². The molecule has 2 aromatic heterocycles. The Balaban J connectivity index is 2.05. The smallest absolute Gasteiger partial charge is 0.230 e. The van der Waals surface area contributed by atoms with Crippen LogP contribution in [-0.2, 0) is 18.3 Å². The van der Waals surface area contributed by atoms with E-state index in [-0.39, 0.29) is 5.91 Å². The molecule has 0 spiro atoms. The minimum atomic E-state index is -0.0157. The number of carbonyl (C=O) groups is 1. The van der Waals surface area contributed by atoms with Crippen LogP contribution in [0.4, 0.5) is 5.13 Å². The van der Waals surface area contributed by atoms with E-state index in [1.54, 1.807) is 0 Å². The molecule has 0 aliphatic rings. The summed E-state index contributed by atoms with van der Waals surface area (Å²) in [6, 6.07) is 2.06. The number of aromatic nitrogens is 2. The maximum Gasteiger partial charge on any atom is 0.230 e. The van der Waals surface area contributed by atoms with Gasteiger partial charge in [-0.05, 0) is 32.4 Å². The Morgan fingerprint density at radius 2 is 2.17 bits per heavy atom. The lowest BCUT2D eigenvalue weighted by Gasteiger charge is -2.03. The van der Waals surface area contributed by atoms with Gasteiger partial charge in [-0.2, -0.15) is 0 Å². The van der Waals surface area contributed by atoms with Crippen molar-refractivity contribution in [2.75, 3.05) is 5.32 Å². The highest BCUT2D eigenvalue weighted by molar-refractivity contribution is 7.13. The van der Waals surface area contributed by atoms with Crippen molar-refractivity contribution in [3.63, 3.8) is 0 Å². The van der Waals surface area contributed by atoms with Crippen molar-refractivity contribution >= 4 is 22.4 Å². The van der Waals surface area contributed by atoms with Crippen molar-refractivity contribution < 1.29 is 4.79 Å². The van der Waals surface area contributed by atoms with Gasteiger partial charge in [0.25, 0.3) is 0 Å². The molecule has 0 aliphatic carbocycles. The van der Waals surface area contributed by atoms with Crippen LogP contribution in [0, 0.1) is 20.8 Å². The molecular weight excluding hydrogens is 246 g/mol. The zero-order chi connectivity index (χ0) is 13.3. The molecule has 0 aliphatic heterocycles. The van der Waals surface area contributed by atoms with E-state index in [1.165, 1.54) is 17.0 Å². The minimum absolute atomic E-state index is 0.0157. The zero-order valence-electron chi connectivity index (χ0n) is 11.1. The van der Waals surface area contributed by atoms with Gasteiger partial charge in [-0.15, -0.1) is 11.3 Å². The Hall–Kier alpha value is -1.62. The monoisotopic (exact) mass is 263 g/mol. The second-order valence-electron chi connectivity index (χ2n) is 4.47. The molecule has 0 atom stereocenters. The molecule has 0 fully saturated rings. The lowest BCUT2D eigenvalue weighted by Crippen LogP contribution is -2.14. The van der Waals surface area contributed by atoms with E-state index in [0.29, 0.717) is 11.6 Å². The number of rotatable bonds is 3. The maximum atomic E-state index is 11.9. The highest BCUT2D eigenvalue weighted by atomic mass is 32.1. The van der Waals surface area contributed by atoms with Crippen LogP contribution >= 0.6 is 11.3 Å². The zero-order valence-corrected chi connectivity index (χ0v) is 11.9. The van der Waals surface area contributed by atoms with E-state index < -0.39 is 0 Å². The quantitative estimate of drug-likeness (QED) is 0.925. The molecule has 2 heterocycles. The minimum Gasteiger partial charge on any atom is -0.352 e. The van der Waals surface area contributed by atoms with Crippen molar-refractivity contribution in [1.29, 1.82) is 0 Å². The Labute approximate surface area is 111 Å². The van der Waals surface area contributed by atoms with Gasteiger partial charge in [-0.25, -0.2) is 4.98 Å². The van der Waals surface area contributed by atoms with E-state index in [9.17, 15) is 4.79 Å². The average Bonchev–Trinajstić information content (AvgIpc) is 2.80. The summed E-state index contributed by atoms with van der Waals surface area (Å²) in [4.78, 5) is 16.1. The fourth-order valence-corrected chi connectivity index (χ4v) is 2.56. The summed E-state index contributed by atoms with van der Waals surface area (Å²) in [5, 5.41) is 5.42. The normalized spacial score (nSPS) is 10.7. The molecule has 0 saturated carbocycles. The fourth-order valence-electron chi connectivity index (χ4n) is 1.86. The van der Waals surface area contributed by atoms with Crippen molar-refractivity contribution in [3.05, 3.63) is 34.1 Å². The number of amides is 1. The number of hydrogen-bond acceptors (Lipinski definition) is 3. The first-order chi connectivity index (χ1) is 8.47. The van der Waals surface area contributed by atoms with Crippen LogP contribution in [0.5, 0.6) is 0 Å². The number of nitrogens with zero attached hydrogens (tertiary/aromatic N) is 2. The summed E-state index contributed by atoms with van der Waals surface area (Å²) < 4.78 is 2.09. The number of thiazole rings is 1.